The fourth-order valence-corrected chi connectivity index (χ4v) is 3.45. The maximum absolute atomic E-state index is 12.1. The number of benzene rings is 2. The predicted molar refractivity (Wildman–Crippen MR) is 88.0 cm³/mol. The molecule has 0 radical (unpaired) electrons. The van der Waals surface area contributed by atoms with Crippen molar-refractivity contribution in [1.29, 1.82) is 0 Å². The zero-order chi connectivity index (χ0) is 15.1. The van der Waals surface area contributed by atoms with Gasteiger partial charge in [0, 0.05) is 0 Å². The van der Waals surface area contributed by atoms with Gasteiger partial charge in [-0.3, -0.25) is 4.72 Å². The Morgan fingerprint density at radius 2 is 1.62 bits per heavy atom. The maximum atomic E-state index is 12.1. The highest BCUT2D eigenvalue weighted by Gasteiger charge is 2.12. The molecule has 0 saturated heterocycles. The van der Waals surface area contributed by atoms with Crippen LogP contribution in [-0.4, -0.2) is 14.2 Å². The van der Waals surface area contributed by atoms with E-state index in [2.05, 4.69) is 4.72 Å². The Labute approximate surface area is 127 Å². The van der Waals surface area contributed by atoms with E-state index >= 15 is 0 Å². The van der Waals surface area contributed by atoms with Crippen LogP contribution in [0.2, 0.25) is 0 Å². The lowest BCUT2D eigenvalue weighted by molar-refractivity contribution is 0.598. The van der Waals surface area contributed by atoms with Crippen LogP contribution in [-0.2, 0) is 16.4 Å². The molecule has 0 fully saturated rings. The molecule has 0 saturated carbocycles. The van der Waals surface area contributed by atoms with Crippen molar-refractivity contribution in [2.24, 2.45) is 0 Å². The molecule has 2 rings (SSSR count). The zero-order valence-electron chi connectivity index (χ0n) is 12.2. The minimum atomic E-state index is -3.26. The van der Waals surface area contributed by atoms with Crippen molar-refractivity contribution in [3.63, 3.8) is 0 Å². The number of hydrogen-bond donors (Lipinski definition) is 1. The molecule has 4 heteroatoms. The predicted octanol–water partition coefficient (Wildman–Crippen LogP) is 3.82. The van der Waals surface area contributed by atoms with Gasteiger partial charge in [0.2, 0.25) is 10.0 Å². The number of rotatable bonds is 7. The number of sulfonamides is 1. The summed E-state index contributed by atoms with van der Waals surface area (Å²) < 4.78 is 26.8. The van der Waals surface area contributed by atoms with E-state index in [0.29, 0.717) is 18.5 Å². The summed E-state index contributed by atoms with van der Waals surface area (Å²) in [5, 5.41) is 0. The van der Waals surface area contributed by atoms with Crippen molar-refractivity contribution in [3.8, 4) is 0 Å². The topological polar surface area (TPSA) is 46.2 Å². The van der Waals surface area contributed by atoms with Crippen LogP contribution >= 0.6 is 0 Å². The highest BCUT2D eigenvalue weighted by Crippen LogP contribution is 2.20. The SMILES string of the molecule is CCCCS(=O)(=O)Nc1ccccc1Cc1ccccc1. The third-order valence-corrected chi connectivity index (χ3v) is 4.64. The Morgan fingerprint density at radius 3 is 2.33 bits per heavy atom. The molecule has 0 atom stereocenters. The molecular formula is C17H21NO2S. The molecule has 1 N–H and O–H groups in total. The van der Waals surface area contributed by atoms with Crippen LogP contribution in [0, 0.1) is 0 Å². The Hall–Kier alpha value is -1.81. The molecule has 0 amide bonds. The van der Waals surface area contributed by atoms with Gasteiger partial charge in [-0.2, -0.15) is 0 Å². The van der Waals surface area contributed by atoms with Crippen molar-refractivity contribution in [2.45, 2.75) is 26.2 Å². The second kappa shape index (κ2) is 7.27. The fourth-order valence-electron chi connectivity index (χ4n) is 2.14. The quantitative estimate of drug-likeness (QED) is 0.845. The zero-order valence-corrected chi connectivity index (χ0v) is 13.1. The van der Waals surface area contributed by atoms with Gasteiger partial charge in [-0.1, -0.05) is 61.9 Å². The molecule has 3 nitrogen and oxygen atoms in total. The van der Waals surface area contributed by atoms with E-state index in [1.807, 2.05) is 61.5 Å². The average molecular weight is 303 g/mol. The first-order chi connectivity index (χ1) is 10.1. The molecule has 0 aliphatic rings. The van der Waals surface area contributed by atoms with Gasteiger partial charge in [0.25, 0.3) is 0 Å². The molecule has 21 heavy (non-hydrogen) atoms. The summed E-state index contributed by atoms with van der Waals surface area (Å²) in [5.41, 5.74) is 2.83. The number of nitrogens with one attached hydrogen (secondary N) is 1. The van der Waals surface area contributed by atoms with Gasteiger partial charge in [0.15, 0.2) is 0 Å². The lowest BCUT2D eigenvalue weighted by Gasteiger charge is -2.12. The summed E-state index contributed by atoms with van der Waals surface area (Å²) in [4.78, 5) is 0. The van der Waals surface area contributed by atoms with Crippen LogP contribution in [0.3, 0.4) is 0 Å². The second-order valence-corrected chi connectivity index (χ2v) is 6.94. The van der Waals surface area contributed by atoms with Crippen molar-refractivity contribution in [1.82, 2.24) is 0 Å². The number of para-hydroxylation sites is 1. The molecule has 0 aliphatic heterocycles. The molecule has 0 heterocycles. The van der Waals surface area contributed by atoms with E-state index in [1.165, 1.54) is 0 Å². The lowest BCUT2D eigenvalue weighted by Crippen LogP contribution is -2.17. The van der Waals surface area contributed by atoms with Crippen molar-refractivity contribution in [2.75, 3.05) is 10.5 Å². The van der Waals surface area contributed by atoms with Gasteiger partial charge >= 0.3 is 0 Å². The van der Waals surface area contributed by atoms with Gasteiger partial charge in [-0.15, -0.1) is 0 Å². The standard InChI is InChI=1S/C17H21NO2S/c1-2-3-13-21(19,20)18-17-12-8-7-11-16(17)14-15-9-5-4-6-10-15/h4-12,18H,2-3,13-14H2,1H3. The van der Waals surface area contributed by atoms with Crippen LogP contribution in [0.1, 0.15) is 30.9 Å². The summed E-state index contributed by atoms with van der Waals surface area (Å²) in [6.45, 7) is 1.98. The van der Waals surface area contributed by atoms with Crippen molar-refractivity contribution < 1.29 is 8.42 Å². The Bertz CT molecular complexity index is 666. The van der Waals surface area contributed by atoms with Gasteiger partial charge < -0.3 is 0 Å². The van der Waals surface area contributed by atoms with Gasteiger partial charge in [0.05, 0.1) is 11.4 Å². The van der Waals surface area contributed by atoms with Crippen LogP contribution < -0.4 is 4.72 Å². The van der Waals surface area contributed by atoms with E-state index in [9.17, 15) is 8.42 Å². The first kappa shape index (κ1) is 15.6. The number of hydrogen-bond acceptors (Lipinski definition) is 2. The van der Waals surface area contributed by atoms with E-state index < -0.39 is 10.0 Å². The van der Waals surface area contributed by atoms with E-state index in [4.69, 9.17) is 0 Å². The minimum absolute atomic E-state index is 0.170. The Balaban J connectivity index is 2.17. The van der Waals surface area contributed by atoms with E-state index in [0.717, 1.165) is 17.5 Å². The van der Waals surface area contributed by atoms with E-state index in [1.54, 1.807) is 0 Å². The van der Waals surface area contributed by atoms with Crippen molar-refractivity contribution in [3.05, 3.63) is 65.7 Å². The van der Waals surface area contributed by atoms with Crippen LogP contribution in [0.5, 0.6) is 0 Å². The number of unbranched alkanes of at least 4 members (excludes halogenated alkanes) is 1. The van der Waals surface area contributed by atoms with Crippen LogP contribution in [0.25, 0.3) is 0 Å². The van der Waals surface area contributed by atoms with Crippen LogP contribution in [0.4, 0.5) is 5.69 Å². The maximum Gasteiger partial charge on any atom is 0.232 e. The average Bonchev–Trinajstić information content (AvgIpc) is 2.48. The number of anilines is 1. The van der Waals surface area contributed by atoms with Gasteiger partial charge in [-0.25, -0.2) is 8.42 Å². The van der Waals surface area contributed by atoms with Gasteiger partial charge in [0.1, 0.15) is 0 Å². The fraction of sp³-hybridized carbons (Fsp3) is 0.294. The summed E-state index contributed by atoms with van der Waals surface area (Å²) >= 11 is 0. The monoisotopic (exact) mass is 303 g/mol. The normalized spacial score (nSPS) is 11.3. The molecule has 0 unspecified atom stereocenters. The first-order valence-electron chi connectivity index (χ1n) is 7.23. The highest BCUT2D eigenvalue weighted by molar-refractivity contribution is 7.92. The highest BCUT2D eigenvalue weighted by atomic mass is 32.2. The molecule has 2 aromatic rings. The Morgan fingerprint density at radius 1 is 0.952 bits per heavy atom. The molecule has 0 aromatic heterocycles. The molecule has 0 spiro atoms. The molecule has 112 valence electrons. The van der Waals surface area contributed by atoms with Crippen LogP contribution in [0.15, 0.2) is 54.6 Å². The largest absolute Gasteiger partial charge is 0.283 e. The van der Waals surface area contributed by atoms with Crippen molar-refractivity contribution >= 4 is 15.7 Å². The molecule has 2 aromatic carbocycles. The summed E-state index contributed by atoms with van der Waals surface area (Å²) in [7, 11) is -3.26. The summed E-state index contributed by atoms with van der Waals surface area (Å²) in [6.07, 6.45) is 2.26. The molecule has 0 aliphatic carbocycles. The third kappa shape index (κ3) is 4.90. The Kier molecular flexibility index (Phi) is 5.39. The first-order valence-corrected chi connectivity index (χ1v) is 8.88. The molecule has 0 bridgehead atoms. The minimum Gasteiger partial charge on any atom is -0.283 e. The summed E-state index contributed by atoms with van der Waals surface area (Å²) in [5.74, 6) is 0.170. The third-order valence-electron chi connectivity index (χ3n) is 3.29. The van der Waals surface area contributed by atoms with E-state index in [-0.39, 0.29) is 5.75 Å². The smallest absolute Gasteiger partial charge is 0.232 e. The molecular weight excluding hydrogens is 282 g/mol. The lowest BCUT2D eigenvalue weighted by atomic mass is 10.0. The summed E-state index contributed by atoms with van der Waals surface area (Å²) in [6, 6.07) is 17.6. The second-order valence-electron chi connectivity index (χ2n) is 5.09. The van der Waals surface area contributed by atoms with Gasteiger partial charge in [-0.05, 0) is 30.0 Å².